The lowest BCUT2D eigenvalue weighted by atomic mass is 10.2. The number of ether oxygens (including phenoxy) is 1. The van der Waals surface area contributed by atoms with E-state index in [0.29, 0.717) is 28.3 Å². The van der Waals surface area contributed by atoms with Crippen molar-refractivity contribution in [2.24, 2.45) is 0 Å². The standard InChI is InChI=1S/C19H15Cl2N5OS2/c20-14-6-8-15(9-7-14)27-11-17-23-24-19(28-12-16-18(21)29-25-22-16)26(17)10-13-4-2-1-3-5-13/h1-9H,10-12H2. The second-order valence-electron chi connectivity index (χ2n) is 6.00. The molecular formula is C19H15Cl2N5OS2. The number of aromatic nitrogens is 5. The van der Waals surface area contributed by atoms with Gasteiger partial charge in [0.05, 0.1) is 6.54 Å². The first-order valence-corrected chi connectivity index (χ1v) is 11.1. The highest BCUT2D eigenvalue weighted by Gasteiger charge is 2.16. The Hall–Kier alpha value is -2.13. The van der Waals surface area contributed by atoms with Crippen LogP contribution < -0.4 is 4.74 Å². The Kier molecular flexibility index (Phi) is 6.66. The zero-order chi connectivity index (χ0) is 20.1. The lowest BCUT2D eigenvalue weighted by molar-refractivity contribution is 0.289. The largest absolute Gasteiger partial charge is 0.486 e. The van der Waals surface area contributed by atoms with Crippen molar-refractivity contribution in [2.45, 2.75) is 24.1 Å². The van der Waals surface area contributed by atoms with E-state index in [0.717, 1.165) is 28.0 Å². The molecule has 0 bridgehead atoms. The maximum absolute atomic E-state index is 6.12. The van der Waals surface area contributed by atoms with E-state index in [1.807, 2.05) is 34.9 Å². The molecule has 2 aromatic heterocycles. The first kappa shape index (κ1) is 20.2. The summed E-state index contributed by atoms with van der Waals surface area (Å²) < 4.78 is 12.4. The molecule has 4 rings (SSSR count). The van der Waals surface area contributed by atoms with Crippen molar-refractivity contribution in [1.82, 2.24) is 24.4 Å². The SMILES string of the molecule is Clc1ccc(OCc2nnc(SCc3nnsc3Cl)n2Cc2ccccc2)cc1. The fourth-order valence-corrected chi connectivity index (χ4v) is 4.37. The predicted octanol–water partition coefficient (Wildman–Crippen LogP) is 5.36. The monoisotopic (exact) mass is 463 g/mol. The summed E-state index contributed by atoms with van der Waals surface area (Å²) in [6.45, 7) is 0.930. The van der Waals surface area contributed by atoms with Gasteiger partial charge < -0.3 is 4.74 Å². The minimum atomic E-state index is 0.293. The topological polar surface area (TPSA) is 65.7 Å². The van der Waals surface area contributed by atoms with Crippen LogP contribution in [0.1, 0.15) is 17.1 Å². The van der Waals surface area contributed by atoms with Crippen LogP contribution in [0.15, 0.2) is 59.8 Å². The van der Waals surface area contributed by atoms with Crippen LogP contribution in [0, 0.1) is 0 Å². The Bertz CT molecular complexity index is 1070. The van der Waals surface area contributed by atoms with Crippen molar-refractivity contribution >= 4 is 46.5 Å². The third-order valence-electron chi connectivity index (χ3n) is 4.01. The average Bonchev–Trinajstić information content (AvgIpc) is 3.32. The number of hydrogen-bond donors (Lipinski definition) is 0. The third-order valence-corrected chi connectivity index (χ3v) is 6.22. The van der Waals surface area contributed by atoms with Crippen molar-refractivity contribution in [1.29, 1.82) is 0 Å². The molecule has 6 nitrogen and oxygen atoms in total. The first-order valence-electron chi connectivity index (χ1n) is 8.63. The second kappa shape index (κ2) is 9.58. The summed E-state index contributed by atoms with van der Waals surface area (Å²) in [7, 11) is 0. The van der Waals surface area contributed by atoms with E-state index in [4.69, 9.17) is 27.9 Å². The van der Waals surface area contributed by atoms with E-state index < -0.39 is 0 Å². The summed E-state index contributed by atoms with van der Waals surface area (Å²) in [6, 6.07) is 17.4. The Balaban J connectivity index is 1.53. The predicted molar refractivity (Wildman–Crippen MR) is 116 cm³/mol. The van der Waals surface area contributed by atoms with Crippen LogP contribution in [0.5, 0.6) is 5.75 Å². The molecule has 0 radical (unpaired) electrons. The normalized spacial score (nSPS) is 11.0. The van der Waals surface area contributed by atoms with E-state index in [1.54, 1.807) is 12.1 Å². The van der Waals surface area contributed by atoms with Crippen LogP contribution in [0.3, 0.4) is 0 Å². The number of halogens is 2. The highest BCUT2D eigenvalue weighted by atomic mass is 35.5. The van der Waals surface area contributed by atoms with Crippen LogP contribution in [0.2, 0.25) is 9.36 Å². The average molecular weight is 464 g/mol. The molecule has 0 spiro atoms. The molecule has 4 aromatic rings. The molecule has 29 heavy (non-hydrogen) atoms. The fraction of sp³-hybridized carbons (Fsp3) is 0.158. The molecule has 0 aliphatic rings. The zero-order valence-corrected chi connectivity index (χ0v) is 18.2. The van der Waals surface area contributed by atoms with Gasteiger partial charge in [0.2, 0.25) is 0 Å². The smallest absolute Gasteiger partial charge is 0.192 e. The van der Waals surface area contributed by atoms with Crippen LogP contribution in [-0.2, 0) is 18.9 Å². The second-order valence-corrected chi connectivity index (χ2v) is 8.73. The van der Waals surface area contributed by atoms with Gasteiger partial charge in [-0.2, -0.15) is 0 Å². The van der Waals surface area contributed by atoms with Crippen molar-refractivity contribution in [3.8, 4) is 5.75 Å². The zero-order valence-electron chi connectivity index (χ0n) is 15.0. The van der Waals surface area contributed by atoms with E-state index >= 15 is 0 Å². The van der Waals surface area contributed by atoms with E-state index in [-0.39, 0.29) is 0 Å². The van der Waals surface area contributed by atoms with Gasteiger partial charge >= 0.3 is 0 Å². The van der Waals surface area contributed by atoms with Crippen LogP contribution in [0.4, 0.5) is 0 Å². The molecule has 0 saturated heterocycles. The maximum atomic E-state index is 6.12. The molecule has 0 fully saturated rings. The van der Waals surface area contributed by atoms with E-state index in [2.05, 4.69) is 31.9 Å². The number of thioether (sulfide) groups is 1. The van der Waals surface area contributed by atoms with Gasteiger partial charge in [0.1, 0.15) is 22.4 Å². The molecule has 0 N–H and O–H groups in total. The number of benzene rings is 2. The molecule has 2 heterocycles. The van der Waals surface area contributed by atoms with Gasteiger partial charge in [-0.05, 0) is 29.8 Å². The van der Waals surface area contributed by atoms with Gasteiger partial charge in [0.15, 0.2) is 11.0 Å². The van der Waals surface area contributed by atoms with E-state index in [9.17, 15) is 0 Å². The van der Waals surface area contributed by atoms with Gasteiger partial charge in [0.25, 0.3) is 0 Å². The van der Waals surface area contributed by atoms with Crippen molar-refractivity contribution in [3.05, 3.63) is 81.0 Å². The van der Waals surface area contributed by atoms with Crippen LogP contribution in [0.25, 0.3) is 0 Å². The Morgan fingerprint density at radius 2 is 1.76 bits per heavy atom. The highest BCUT2D eigenvalue weighted by molar-refractivity contribution is 7.98. The van der Waals surface area contributed by atoms with Crippen LogP contribution in [-0.4, -0.2) is 24.4 Å². The summed E-state index contributed by atoms with van der Waals surface area (Å²) in [5.41, 5.74) is 1.89. The molecule has 148 valence electrons. The molecule has 0 unspecified atom stereocenters. The molecule has 0 aliphatic carbocycles. The number of rotatable bonds is 8. The molecule has 0 saturated carbocycles. The highest BCUT2D eigenvalue weighted by Crippen LogP contribution is 2.27. The Morgan fingerprint density at radius 1 is 0.966 bits per heavy atom. The molecule has 10 heteroatoms. The molecule has 0 atom stereocenters. The van der Waals surface area contributed by atoms with Gasteiger partial charge in [-0.1, -0.05) is 69.8 Å². The van der Waals surface area contributed by atoms with Gasteiger partial charge in [-0.25, -0.2) is 0 Å². The summed E-state index contributed by atoms with van der Waals surface area (Å²) >= 11 is 14.7. The summed E-state index contributed by atoms with van der Waals surface area (Å²) in [5.74, 6) is 2.02. The molecular weight excluding hydrogens is 449 g/mol. The van der Waals surface area contributed by atoms with E-state index in [1.165, 1.54) is 23.3 Å². The third kappa shape index (κ3) is 5.27. The molecule has 0 aliphatic heterocycles. The van der Waals surface area contributed by atoms with Gasteiger partial charge in [-0.3, -0.25) is 4.57 Å². The Morgan fingerprint density at radius 3 is 2.48 bits per heavy atom. The molecule has 2 aromatic carbocycles. The fourth-order valence-electron chi connectivity index (χ4n) is 2.55. The number of hydrogen-bond acceptors (Lipinski definition) is 7. The quantitative estimate of drug-likeness (QED) is 0.327. The summed E-state index contributed by atoms with van der Waals surface area (Å²) in [4.78, 5) is 0. The van der Waals surface area contributed by atoms with Crippen molar-refractivity contribution in [2.75, 3.05) is 0 Å². The Labute approximate surface area is 186 Å². The lowest BCUT2D eigenvalue weighted by Crippen LogP contribution is -2.09. The lowest BCUT2D eigenvalue weighted by Gasteiger charge is -2.11. The molecule has 0 amide bonds. The van der Waals surface area contributed by atoms with Crippen molar-refractivity contribution < 1.29 is 4.74 Å². The minimum Gasteiger partial charge on any atom is -0.486 e. The summed E-state index contributed by atoms with van der Waals surface area (Å²) in [6.07, 6.45) is 0. The van der Waals surface area contributed by atoms with Crippen molar-refractivity contribution in [3.63, 3.8) is 0 Å². The van der Waals surface area contributed by atoms with Gasteiger partial charge in [0, 0.05) is 22.3 Å². The number of nitrogens with zero attached hydrogens (tertiary/aromatic N) is 5. The summed E-state index contributed by atoms with van der Waals surface area (Å²) in [5, 5.41) is 14.2. The van der Waals surface area contributed by atoms with Gasteiger partial charge in [-0.15, -0.1) is 15.3 Å². The first-order chi connectivity index (χ1) is 14.2. The maximum Gasteiger partial charge on any atom is 0.192 e. The minimum absolute atomic E-state index is 0.293. The van der Waals surface area contributed by atoms with Crippen LogP contribution >= 0.6 is 46.5 Å².